The van der Waals surface area contributed by atoms with Crippen molar-refractivity contribution in [1.82, 2.24) is 4.90 Å². The monoisotopic (exact) mass is 462 g/mol. The molecule has 0 spiro atoms. The van der Waals surface area contributed by atoms with E-state index in [4.69, 9.17) is 20.9 Å². The van der Waals surface area contributed by atoms with Crippen LogP contribution in [-0.4, -0.2) is 29.2 Å². The summed E-state index contributed by atoms with van der Waals surface area (Å²) in [5.41, 5.74) is 0.940. The summed E-state index contributed by atoms with van der Waals surface area (Å²) in [6.07, 6.45) is -3.20. The Kier molecular flexibility index (Phi) is 6.23. The molecule has 0 N–H and O–H groups in total. The summed E-state index contributed by atoms with van der Waals surface area (Å²) >= 11 is 6.23. The Morgan fingerprint density at radius 1 is 1.12 bits per heavy atom. The zero-order valence-electron chi connectivity index (χ0n) is 16.7. The van der Waals surface area contributed by atoms with Crippen LogP contribution in [0.4, 0.5) is 13.2 Å². The highest BCUT2D eigenvalue weighted by Gasteiger charge is 2.32. The number of carbonyl (C=O) groups is 1. The number of oxime groups is 1. The van der Waals surface area contributed by atoms with Gasteiger partial charge in [0.1, 0.15) is 0 Å². The van der Waals surface area contributed by atoms with Crippen LogP contribution in [-0.2, 0) is 17.6 Å². The molecule has 3 aromatic rings. The molecule has 0 fully saturated rings. The molecule has 1 aromatic heterocycles. The maximum absolute atomic E-state index is 13.1. The maximum atomic E-state index is 13.1. The van der Waals surface area contributed by atoms with Crippen molar-refractivity contribution in [2.24, 2.45) is 5.16 Å². The van der Waals surface area contributed by atoms with Crippen molar-refractivity contribution in [3.63, 3.8) is 0 Å². The Hall–Kier alpha value is -3.26. The average Bonchev–Trinajstić information content (AvgIpc) is 3.45. The summed E-state index contributed by atoms with van der Waals surface area (Å²) in [5, 5.41) is 4.63. The number of carbonyl (C=O) groups excluding carboxylic acids is 1. The van der Waals surface area contributed by atoms with E-state index >= 15 is 0 Å². The minimum Gasteiger partial charge on any atom is -0.459 e. The molecule has 0 saturated carbocycles. The number of hydrogen-bond donors (Lipinski definition) is 0. The van der Waals surface area contributed by atoms with Gasteiger partial charge in [0.2, 0.25) is 0 Å². The maximum Gasteiger partial charge on any atom is 0.416 e. The van der Waals surface area contributed by atoms with Crippen molar-refractivity contribution in [1.29, 1.82) is 0 Å². The number of furan rings is 1. The first-order valence-electron chi connectivity index (χ1n) is 9.78. The van der Waals surface area contributed by atoms with E-state index in [1.165, 1.54) is 23.3 Å². The van der Waals surface area contributed by atoms with Gasteiger partial charge in [-0.05, 0) is 35.9 Å². The van der Waals surface area contributed by atoms with E-state index in [0.717, 1.165) is 17.7 Å². The zero-order valence-corrected chi connectivity index (χ0v) is 17.4. The van der Waals surface area contributed by atoms with Gasteiger partial charge in [0, 0.05) is 23.6 Å². The molecular weight excluding hydrogens is 445 g/mol. The van der Waals surface area contributed by atoms with Gasteiger partial charge in [0.05, 0.1) is 24.1 Å². The third-order valence-electron chi connectivity index (χ3n) is 4.99. The van der Waals surface area contributed by atoms with Crippen molar-refractivity contribution in [2.45, 2.75) is 25.2 Å². The second kappa shape index (κ2) is 9.08. The fourth-order valence-electron chi connectivity index (χ4n) is 3.47. The summed E-state index contributed by atoms with van der Waals surface area (Å²) in [6.45, 7) is 0.0535. The predicted molar refractivity (Wildman–Crippen MR) is 112 cm³/mol. The van der Waals surface area contributed by atoms with Crippen LogP contribution in [0.15, 0.2) is 76.5 Å². The van der Waals surface area contributed by atoms with Crippen LogP contribution in [0.2, 0.25) is 5.02 Å². The SMILES string of the molecule is O=C(c1ccco1)N(Cc1cccc(C(F)(F)F)c1)C[C@H]1CC(c2ccccc2Cl)=NO1. The van der Waals surface area contributed by atoms with Gasteiger partial charge < -0.3 is 14.2 Å². The molecule has 1 aliphatic heterocycles. The van der Waals surface area contributed by atoms with Crippen LogP contribution in [0.1, 0.15) is 33.7 Å². The first-order chi connectivity index (χ1) is 15.3. The van der Waals surface area contributed by atoms with Crippen LogP contribution in [0.25, 0.3) is 0 Å². The molecule has 0 aliphatic carbocycles. The molecule has 1 atom stereocenters. The van der Waals surface area contributed by atoms with Crippen molar-refractivity contribution in [3.05, 3.63) is 94.4 Å². The van der Waals surface area contributed by atoms with Crippen molar-refractivity contribution in [2.75, 3.05) is 6.54 Å². The number of amides is 1. The lowest BCUT2D eigenvalue weighted by Gasteiger charge is -2.24. The second-order valence-corrected chi connectivity index (χ2v) is 7.72. The fourth-order valence-corrected chi connectivity index (χ4v) is 3.71. The minimum absolute atomic E-state index is 0.0509. The first-order valence-corrected chi connectivity index (χ1v) is 10.2. The highest BCUT2D eigenvalue weighted by atomic mass is 35.5. The van der Waals surface area contributed by atoms with Crippen LogP contribution < -0.4 is 0 Å². The molecule has 1 aliphatic rings. The van der Waals surface area contributed by atoms with E-state index in [1.807, 2.05) is 12.1 Å². The van der Waals surface area contributed by atoms with Gasteiger partial charge in [0.25, 0.3) is 5.91 Å². The molecular formula is C23H18ClF3N2O3. The number of benzene rings is 2. The largest absolute Gasteiger partial charge is 0.459 e. The molecule has 2 aromatic carbocycles. The second-order valence-electron chi connectivity index (χ2n) is 7.31. The summed E-state index contributed by atoms with van der Waals surface area (Å²) in [6, 6.07) is 15.2. The van der Waals surface area contributed by atoms with Crippen LogP contribution in [0, 0.1) is 0 Å². The standard InChI is InChI=1S/C23H18ClF3N2O3/c24-19-8-2-1-7-18(19)20-12-17(32-28-20)14-29(22(30)21-9-4-10-31-21)13-15-5-3-6-16(11-15)23(25,26)27/h1-11,17H,12-14H2/t17-/m1/s1. The van der Waals surface area contributed by atoms with Gasteiger partial charge in [-0.3, -0.25) is 4.79 Å². The summed E-state index contributed by atoms with van der Waals surface area (Å²) in [7, 11) is 0. The highest BCUT2D eigenvalue weighted by Crippen LogP contribution is 2.30. The Labute approximate surface area is 187 Å². The van der Waals surface area contributed by atoms with E-state index in [0.29, 0.717) is 22.7 Å². The first kappa shape index (κ1) is 22.0. The lowest BCUT2D eigenvalue weighted by molar-refractivity contribution is -0.137. The van der Waals surface area contributed by atoms with Gasteiger partial charge in [-0.25, -0.2) is 0 Å². The van der Waals surface area contributed by atoms with E-state index in [1.54, 1.807) is 24.3 Å². The van der Waals surface area contributed by atoms with Crippen molar-refractivity contribution in [3.8, 4) is 0 Å². The lowest BCUT2D eigenvalue weighted by Crippen LogP contribution is -2.37. The molecule has 166 valence electrons. The lowest BCUT2D eigenvalue weighted by atomic mass is 10.0. The van der Waals surface area contributed by atoms with Crippen LogP contribution in [0.5, 0.6) is 0 Å². The third kappa shape index (κ3) is 4.96. The number of alkyl halides is 3. The number of hydrogen-bond acceptors (Lipinski definition) is 4. The number of rotatable bonds is 6. The Morgan fingerprint density at radius 2 is 1.94 bits per heavy atom. The number of nitrogens with zero attached hydrogens (tertiary/aromatic N) is 2. The number of halogens is 4. The van der Waals surface area contributed by atoms with E-state index < -0.39 is 23.8 Å². The Bertz CT molecular complexity index is 1130. The van der Waals surface area contributed by atoms with Crippen LogP contribution in [0.3, 0.4) is 0 Å². The molecule has 0 saturated heterocycles. The molecule has 0 radical (unpaired) electrons. The topological polar surface area (TPSA) is 55.0 Å². The molecule has 5 nitrogen and oxygen atoms in total. The molecule has 1 amide bonds. The predicted octanol–water partition coefficient (Wildman–Crippen LogP) is 5.79. The molecule has 2 heterocycles. The van der Waals surface area contributed by atoms with Crippen molar-refractivity contribution >= 4 is 23.2 Å². The quantitative estimate of drug-likeness (QED) is 0.466. The molecule has 4 rings (SSSR count). The molecule has 0 unspecified atom stereocenters. The third-order valence-corrected chi connectivity index (χ3v) is 5.32. The summed E-state index contributed by atoms with van der Waals surface area (Å²) < 4.78 is 44.5. The normalized spacial score (nSPS) is 15.9. The molecule has 9 heteroatoms. The van der Waals surface area contributed by atoms with Crippen molar-refractivity contribution < 1.29 is 27.2 Å². The Morgan fingerprint density at radius 3 is 2.66 bits per heavy atom. The summed E-state index contributed by atoms with van der Waals surface area (Å²) in [5.74, 6) is -0.371. The van der Waals surface area contributed by atoms with Gasteiger partial charge in [-0.2, -0.15) is 13.2 Å². The van der Waals surface area contributed by atoms with Gasteiger partial charge in [-0.15, -0.1) is 0 Å². The van der Waals surface area contributed by atoms with Crippen LogP contribution >= 0.6 is 11.6 Å². The van der Waals surface area contributed by atoms with E-state index in [2.05, 4.69) is 5.16 Å². The Balaban J connectivity index is 1.52. The zero-order chi connectivity index (χ0) is 22.7. The minimum atomic E-state index is -4.47. The smallest absolute Gasteiger partial charge is 0.416 e. The molecule has 0 bridgehead atoms. The summed E-state index contributed by atoms with van der Waals surface area (Å²) in [4.78, 5) is 19.9. The fraction of sp³-hybridized carbons (Fsp3) is 0.217. The van der Waals surface area contributed by atoms with Gasteiger partial charge in [0.15, 0.2) is 11.9 Å². The highest BCUT2D eigenvalue weighted by molar-refractivity contribution is 6.34. The molecule has 32 heavy (non-hydrogen) atoms. The van der Waals surface area contributed by atoms with Gasteiger partial charge in [-0.1, -0.05) is 47.1 Å². The average molecular weight is 463 g/mol. The van der Waals surface area contributed by atoms with E-state index in [9.17, 15) is 18.0 Å². The van der Waals surface area contributed by atoms with Gasteiger partial charge >= 0.3 is 6.18 Å². The van der Waals surface area contributed by atoms with E-state index in [-0.39, 0.29) is 18.8 Å².